The van der Waals surface area contributed by atoms with E-state index in [1.807, 2.05) is 0 Å². The maximum atomic E-state index is 11.3. The number of ether oxygens (including phenoxy) is 2. The first-order valence-electron chi connectivity index (χ1n) is 3.55. The fraction of sp³-hybridized carbons (Fsp3) is 0.250. The number of carbonyl (C=O) groups excluding carboxylic acids is 2. The molecule has 0 bridgehead atoms. The number of esters is 2. The second-order valence-corrected chi connectivity index (χ2v) is 4.48. The van der Waals surface area contributed by atoms with Gasteiger partial charge in [-0.2, -0.15) is 0 Å². The smallest absolute Gasteiger partial charge is 0.340 e. The summed E-state index contributed by atoms with van der Waals surface area (Å²) in [5.74, 6) is -1.11. The first-order chi connectivity index (χ1) is 6.61. The molecule has 0 aliphatic heterocycles. The van der Waals surface area contributed by atoms with Crippen molar-refractivity contribution in [3.8, 4) is 0 Å². The third-order valence-electron chi connectivity index (χ3n) is 1.54. The van der Waals surface area contributed by atoms with Crippen molar-refractivity contribution in [3.63, 3.8) is 0 Å². The summed E-state index contributed by atoms with van der Waals surface area (Å²) in [4.78, 5) is 22.5. The van der Waals surface area contributed by atoms with Crippen molar-refractivity contribution >= 4 is 39.2 Å². The van der Waals surface area contributed by atoms with Crippen LogP contribution in [0.3, 0.4) is 0 Å². The summed E-state index contributed by atoms with van der Waals surface area (Å²) in [6.45, 7) is 0. The van der Waals surface area contributed by atoms with E-state index in [1.54, 1.807) is 5.38 Å². The maximum absolute atomic E-state index is 11.3. The fourth-order valence-electron chi connectivity index (χ4n) is 0.887. The van der Waals surface area contributed by atoms with Gasteiger partial charge in [-0.1, -0.05) is 0 Å². The largest absolute Gasteiger partial charge is 0.465 e. The number of hydrogen-bond acceptors (Lipinski definition) is 5. The number of halogens is 1. The molecule has 0 spiro atoms. The first kappa shape index (κ1) is 11.2. The minimum atomic E-state index is -0.557. The van der Waals surface area contributed by atoms with Gasteiger partial charge >= 0.3 is 11.9 Å². The Kier molecular flexibility index (Phi) is 3.65. The molecule has 1 aromatic rings. The summed E-state index contributed by atoms with van der Waals surface area (Å²) in [5, 5.41) is 1.54. The Labute approximate surface area is 92.9 Å². The van der Waals surface area contributed by atoms with Crippen LogP contribution in [0, 0.1) is 0 Å². The van der Waals surface area contributed by atoms with Crippen molar-refractivity contribution in [2.45, 2.75) is 0 Å². The van der Waals surface area contributed by atoms with E-state index in [-0.39, 0.29) is 11.1 Å². The molecule has 76 valence electrons. The Morgan fingerprint density at radius 3 is 2.36 bits per heavy atom. The number of methoxy groups -OCH3 is 2. The lowest BCUT2D eigenvalue weighted by atomic mass is 10.2. The summed E-state index contributed by atoms with van der Waals surface area (Å²) in [5.41, 5.74) is 0.431. The van der Waals surface area contributed by atoms with Crippen LogP contribution in [-0.2, 0) is 9.47 Å². The van der Waals surface area contributed by atoms with E-state index in [2.05, 4.69) is 25.4 Å². The topological polar surface area (TPSA) is 52.6 Å². The zero-order chi connectivity index (χ0) is 10.7. The minimum Gasteiger partial charge on any atom is -0.465 e. The van der Waals surface area contributed by atoms with Gasteiger partial charge in [0, 0.05) is 5.38 Å². The highest BCUT2D eigenvalue weighted by atomic mass is 79.9. The average Bonchev–Trinajstić information content (AvgIpc) is 2.58. The zero-order valence-corrected chi connectivity index (χ0v) is 9.90. The van der Waals surface area contributed by atoms with Gasteiger partial charge < -0.3 is 9.47 Å². The van der Waals surface area contributed by atoms with Crippen molar-refractivity contribution in [1.29, 1.82) is 0 Å². The van der Waals surface area contributed by atoms with Crippen LogP contribution >= 0.6 is 27.3 Å². The summed E-state index contributed by atoms with van der Waals surface area (Å²) in [7, 11) is 2.52. The van der Waals surface area contributed by atoms with Crippen LogP contribution in [-0.4, -0.2) is 26.2 Å². The van der Waals surface area contributed by atoms with E-state index in [0.29, 0.717) is 3.79 Å². The third-order valence-corrected chi connectivity index (χ3v) is 3.26. The summed E-state index contributed by atoms with van der Waals surface area (Å²) >= 11 is 4.40. The molecule has 14 heavy (non-hydrogen) atoms. The first-order valence-corrected chi connectivity index (χ1v) is 5.22. The Hall–Kier alpha value is -0.880. The fourth-order valence-corrected chi connectivity index (χ4v) is 2.29. The second-order valence-electron chi connectivity index (χ2n) is 2.28. The number of rotatable bonds is 2. The van der Waals surface area contributed by atoms with Gasteiger partial charge in [-0.15, -0.1) is 11.3 Å². The average molecular weight is 279 g/mol. The molecule has 0 radical (unpaired) electrons. The van der Waals surface area contributed by atoms with Gasteiger partial charge in [-0.3, -0.25) is 0 Å². The van der Waals surface area contributed by atoms with Crippen LogP contribution in [0.4, 0.5) is 0 Å². The highest BCUT2D eigenvalue weighted by Crippen LogP contribution is 2.29. The molecule has 1 heterocycles. The third kappa shape index (κ3) is 1.96. The van der Waals surface area contributed by atoms with Crippen LogP contribution in [0.15, 0.2) is 9.17 Å². The summed E-state index contributed by atoms with van der Waals surface area (Å²) < 4.78 is 9.62. The van der Waals surface area contributed by atoms with Crippen LogP contribution in [0.25, 0.3) is 0 Å². The number of thiophene rings is 1. The van der Waals surface area contributed by atoms with Crippen molar-refractivity contribution in [2.75, 3.05) is 14.2 Å². The molecule has 0 saturated heterocycles. The van der Waals surface area contributed by atoms with E-state index in [4.69, 9.17) is 0 Å². The number of hydrogen-bond donors (Lipinski definition) is 0. The molecule has 6 heteroatoms. The van der Waals surface area contributed by atoms with Gasteiger partial charge in [0.25, 0.3) is 0 Å². The lowest BCUT2D eigenvalue weighted by molar-refractivity contribution is 0.0556. The zero-order valence-electron chi connectivity index (χ0n) is 7.50. The predicted octanol–water partition coefficient (Wildman–Crippen LogP) is 2.08. The van der Waals surface area contributed by atoms with E-state index in [9.17, 15) is 9.59 Å². The van der Waals surface area contributed by atoms with Crippen molar-refractivity contribution in [2.24, 2.45) is 0 Å². The van der Waals surface area contributed by atoms with Gasteiger partial charge in [0.1, 0.15) is 0 Å². The SMILES string of the molecule is COC(=O)c1csc(Br)c1C(=O)OC. The maximum Gasteiger partial charge on any atom is 0.340 e. The van der Waals surface area contributed by atoms with Crippen LogP contribution in [0.2, 0.25) is 0 Å². The molecule has 4 nitrogen and oxygen atoms in total. The monoisotopic (exact) mass is 278 g/mol. The Balaban J connectivity index is 3.19. The molecule has 0 N–H and O–H groups in total. The summed E-state index contributed by atoms with van der Waals surface area (Å²) in [6, 6.07) is 0. The molecule has 0 aromatic carbocycles. The number of carbonyl (C=O) groups is 2. The van der Waals surface area contributed by atoms with E-state index >= 15 is 0 Å². The Morgan fingerprint density at radius 1 is 1.29 bits per heavy atom. The predicted molar refractivity (Wildman–Crippen MR) is 54.7 cm³/mol. The van der Waals surface area contributed by atoms with Crippen LogP contribution < -0.4 is 0 Å². The lowest BCUT2D eigenvalue weighted by Gasteiger charge is -2.00. The molecule has 0 unspecified atom stereocenters. The lowest BCUT2D eigenvalue weighted by Crippen LogP contribution is -2.09. The molecular weight excluding hydrogens is 272 g/mol. The van der Waals surface area contributed by atoms with Gasteiger partial charge in [0.15, 0.2) is 0 Å². The summed E-state index contributed by atoms with van der Waals surface area (Å²) in [6.07, 6.45) is 0. The van der Waals surface area contributed by atoms with Crippen molar-refractivity contribution in [3.05, 3.63) is 20.3 Å². The standard InChI is InChI=1S/C8H7BrO4S/c1-12-7(10)4-3-14-6(9)5(4)8(11)13-2/h3H,1-2H3. The molecule has 0 saturated carbocycles. The highest BCUT2D eigenvalue weighted by Gasteiger charge is 2.23. The molecule has 0 aliphatic carbocycles. The van der Waals surface area contributed by atoms with E-state index < -0.39 is 11.9 Å². The van der Waals surface area contributed by atoms with E-state index in [0.717, 1.165) is 0 Å². The van der Waals surface area contributed by atoms with Crippen molar-refractivity contribution in [1.82, 2.24) is 0 Å². The molecule has 1 aromatic heterocycles. The Bertz CT molecular complexity index is 371. The van der Waals surface area contributed by atoms with Gasteiger partial charge in [-0.25, -0.2) is 9.59 Å². The molecule has 0 atom stereocenters. The van der Waals surface area contributed by atoms with Crippen LogP contribution in [0.1, 0.15) is 20.7 Å². The molecule has 0 aliphatic rings. The highest BCUT2D eigenvalue weighted by molar-refractivity contribution is 9.11. The minimum absolute atomic E-state index is 0.212. The molecule has 0 amide bonds. The normalized spacial score (nSPS) is 9.64. The van der Waals surface area contributed by atoms with Crippen molar-refractivity contribution < 1.29 is 19.1 Å². The molecule has 1 rings (SSSR count). The van der Waals surface area contributed by atoms with Gasteiger partial charge in [0.2, 0.25) is 0 Å². The quantitative estimate of drug-likeness (QED) is 0.778. The van der Waals surface area contributed by atoms with Gasteiger partial charge in [0.05, 0.1) is 29.1 Å². The molecule has 0 fully saturated rings. The Morgan fingerprint density at radius 2 is 1.86 bits per heavy atom. The van der Waals surface area contributed by atoms with E-state index in [1.165, 1.54) is 25.6 Å². The van der Waals surface area contributed by atoms with Crippen LogP contribution in [0.5, 0.6) is 0 Å². The van der Waals surface area contributed by atoms with Gasteiger partial charge in [-0.05, 0) is 15.9 Å². The second kappa shape index (κ2) is 4.56. The molecular formula is C8H7BrO4S.